The van der Waals surface area contributed by atoms with Crippen molar-refractivity contribution in [2.75, 3.05) is 5.75 Å². The fraction of sp³-hybridized carbons (Fsp3) is 0.214. The Bertz CT molecular complexity index is 794. The van der Waals surface area contributed by atoms with Crippen LogP contribution in [0.5, 0.6) is 0 Å². The molecule has 1 aromatic carbocycles. The number of para-hydroxylation sites is 2. The zero-order valence-electron chi connectivity index (χ0n) is 11.3. The van der Waals surface area contributed by atoms with Gasteiger partial charge in [-0.05, 0) is 19.1 Å². The summed E-state index contributed by atoms with van der Waals surface area (Å²) in [6.07, 6.45) is 1.67. The van der Waals surface area contributed by atoms with Gasteiger partial charge in [-0.3, -0.25) is 4.79 Å². The highest BCUT2D eigenvalue weighted by Crippen LogP contribution is 2.25. The lowest BCUT2D eigenvalue weighted by molar-refractivity contribution is -0.133. The molecule has 2 heterocycles. The van der Waals surface area contributed by atoms with Gasteiger partial charge in [-0.2, -0.15) is 0 Å². The second kappa shape index (κ2) is 5.61. The first kappa shape index (κ1) is 13.7. The van der Waals surface area contributed by atoms with Gasteiger partial charge in [0.15, 0.2) is 5.16 Å². The number of carboxylic acid groups (broad SMARTS) is 1. The van der Waals surface area contributed by atoms with Gasteiger partial charge in [0.2, 0.25) is 5.89 Å². The number of carboxylic acids is 1. The molecule has 0 fully saturated rings. The molecule has 0 atom stereocenters. The average molecular weight is 303 g/mol. The Balaban J connectivity index is 2.00. The number of hydrogen-bond acceptors (Lipinski definition) is 5. The van der Waals surface area contributed by atoms with Crippen LogP contribution in [-0.4, -0.2) is 31.4 Å². The highest BCUT2D eigenvalue weighted by Gasteiger charge is 2.14. The molecule has 0 spiro atoms. The smallest absolute Gasteiger partial charge is 0.313 e. The molecule has 2 aromatic heterocycles. The summed E-state index contributed by atoms with van der Waals surface area (Å²) in [6, 6.07) is 7.67. The molecule has 0 saturated carbocycles. The highest BCUT2D eigenvalue weighted by molar-refractivity contribution is 7.99. The van der Waals surface area contributed by atoms with Crippen molar-refractivity contribution in [1.82, 2.24) is 14.5 Å². The molecule has 21 heavy (non-hydrogen) atoms. The first-order chi connectivity index (χ1) is 10.1. The number of imidazole rings is 1. The van der Waals surface area contributed by atoms with E-state index in [1.54, 1.807) is 6.20 Å². The number of hydrogen-bond donors (Lipinski definition) is 1. The molecule has 108 valence electrons. The molecular weight excluding hydrogens is 290 g/mol. The molecule has 0 unspecified atom stereocenters. The SMILES string of the molecule is Cc1cnc(Cn2c(SCC(=O)O)nc3ccccc32)o1. The summed E-state index contributed by atoms with van der Waals surface area (Å²) < 4.78 is 7.43. The first-order valence-corrected chi connectivity index (χ1v) is 7.33. The number of oxazole rings is 1. The molecule has 0 radical (unpaired) electrons. The quantitative estimate of drug-likeness (QED) is 0.730. The Hall–Kier alpha value is -2.28. The third-order valence-electron chi connectivity index (χ3n) is 2.91. The van der Waals surface area contributed by atoms with E-state index in [1.807, 2.05) is 35.8 Å². The summed E-state index contributed by atoms with van der Waals surface area (Å²) in [6.45, 7) is 2.26. The maximum Gasteiger partial charge on any atom is 0.313 e. The molecule has 3 aromatic rings. The van der Waals surface area contributed by atoms with Crippen molar-refractivity contribution in [2.45, 2.75) is 18.6 Å². The third-order valence-corrected chi connectivity index (χ3v) is 3.87. The number of aromatic nitrogens is 3. The van der Waals surface area contributed by atoms with Crippen LogP contribution >= 0.6 is 11.8 Å². The van der Waals surface area contributed by atoms with Gasteiger partial charge in [0, 0.05) is 0 Å². The van der Waals surface area contributed by atoms with Gasteiger partial charge in [0.05, 0.1) is 23.0 Å². The van der Waals surface area contributed by atoms with Crippen LogP contribution in [0.1, 0.15) is 11.7 Å². The average Bonchev–Trinajstić information content (AvgIpc) is 3.01. The van der Waals surface area contributed by atoms with Crippen LogP contribution in [0.2, 0.25) is 0 Å². The normalized spacial score (nSPS) is 11.1. The van der Waals surface area contributed by atoms with E-state index in [-0.39, 0.29) is 5.75 Å². The van der Waals surface area contributed by atoms with Crippen molar-refractivity contribution >= 4 is 28.8 Å². The monoisotopic (exact) mass is 303 g/mol. The summed E-state index contributed by atoms with van der Waals surface area (Å²) in [4.78, 5) is 19.4. The van der Waals surface area contributed by atoms with Crippen LogP contribution in [0.15, 0.2) is 40.0 Å². The van der Waals surface area contributed by atoms with Crippen LogP contribution in [-0.2, 0) is 11.3 Å². The Labute approximate surface area is 124 Å². The number of carbonyl (C=O) groups is 1. The van der Waals surface area contributed by atoms with Crippen LogP contribution in [0, 0.1) is 6.92 Å². The summed E-state index contributed by atoms with van der Waals surface area (Å²) in [5, 5.41) is 9.49. The number of thioether (sulfide) groups is 1. The van der Waals surface area contributed by atoms with Gasteiger partial charge in [-0.15, -0.1) is 0 Å². The molecule has 1 N–H and O–H groups in total. The summed E-state index contributed by atoms with van der Waals surface area (Å²) >= 11 is 1.19. The van der Waals surface area contributed by atoms with E-state index in [0.717, 1.165) is 16.8 Å². The lowest BCUT2D eigenvalue weighted by Crippen LogP contribution is -2.04. The number of fused-ring (bicyclic) bond motifs is 1. The van der Waals surface area contributed by atoms with Gasteiger partial charge in [0.1, 0.15) is 12.3 Å². The minimum absolute atomic E-state index is 0.0338. The largest absolute Gasteiger partial charge is 0.481 e. The Morgan fingerprint density at radius 3 is 2.95 bits per heavy atom. The molecule has 0 aliphatic heterocycles. The Kier molecular flexibility index (Phi) is 3.66. The van der Waals surface area contributed by atoms with Gasteiger partial charge < -0.3 is 14.1 Å². The van der Waals surface area contributed by atoms with Crippen LogP contribution in [0.4, 0.5) is 0 Å². The number of aliphatic carboxylic acids is 1. The van der Waals surface area contributed by atoms with Crippen molar-refractivity contribution in [1.29, 1.82) is 0 Å². The Morgan fingerprint density at radius 2 is 2.24 bits per heavy atom. The van der Waals surface area contributed by atoms with E-state index in [9.17, 15) is 4.79 Å². The van der Waals surface area contributed by atoms with E-state index >= 15 is 0 Å². The predicted molar refractivity (Wildman–Crippen MR) is 78.4 cm³/mol. The summed E-state index contributed by atoms with van der Waals surface area (Å²) in [5.41, 5.74) is 1.76. The fourth-order valence-electron chi connectivity index (χ4n) is 2.05. The molecule has 7 heteroatoms. The summed E-state index contributed by atoms with van der Waals surface area (Å²) in [5.74, 6) is 0.418. The van der Waals surface area contributed by atoms with Gasteiger partial charge in [0.25, 0.3) is 0 Å². The first-order valence-electron chi connectivity index (χ1n) is 6.34. The number of rotatable bonds is 5. The van der Waals surface area contributed by atoms with Gasteiger partial charge >= 0.3 is 5.97 Å². The summed E-state index contributed by atoms with van der Waals surface area (Å²) in [7, 11) is 0. The third kappa shape index (κ3) is 2.92. The Morgan fingerprint density at radius 1 is 1.43 bits per heavy atom. The molecule has 0 saturated heterocycles. The number of nitrogens with zero attached hydrogens (tertiary/aromatic N) is 3. The fourth-order valence-corrected chi connectivity index (χ4v) is 2.79. The maximum atomic E-state index is 10.8. The van der Waals surface area contributed by atoms with Crippen LogP contribution < -0.4 is 0 Å². The molecular formula is C14H13N3O3S. The topological polar surface area (TPSA) is 81.2 Å². The van der Waals surface area contributed by atoms with E-state index in [0.29, 0.717) is 17.6 Å². The maximum absolute atomic E-state index is 10.8. The second-order valence-corrected chi connectivity index (χ2v) is 5.46. The zero-order valence-corrected chi connectivity index (χ0v) is 12.1. The van der Waals surface area contributed by atoms with E-state index in [4.69, 9.17) is 9.52 Å². The number of aryl methyl sites for hydroxylation is 1. The minimum Gasteiger partial charge on any atom is -0.481 e. The lowest BCUT2D eigenvalue weighted by atomic mass is 10.3. The zero-order chi connectivity index (χ0) is 14.8. The van der Waals surface area contributed by atoms with E-state index in [2.05, 4.69) is 9.97 Å². The van der Waals surface area contributed by atoms with Crippen molar-refractivity contribution in [3.8, 4) is 0 Å². The second-order valence-electron chi connectivity index (χ2n) is 4.52. The van der Waals surface area contributed by atoms with Crippen molar-refractivity contribution < 1.29 is 14.3 Å². The van der Waals surface area contributed by atoms with Crippen LogP contribution in [0.3, 0.4) is 0 Å². The van der Waals surface area contributed by atoms with Gasteiger partial charge in [-0.25, -0.2) is 9.97 Å². The van der Waals surface area contributed by atoms with Crippen molar-refractivity contribution in [2.24, 2.45) is 0 Å². The highest BCUT2D eigenvalue weighted by atomic mass is 32.2. The lowest BCUT2D eigenvalue weighted by Gasteiger charge is -2.05. The van der Waals surface area contributed by atoms with Crippen molar-refractivity contribution in [3.05, 3.63) is 42.1 Å². The van der Waals surface area contributed by atoms with Crippen LogP contribution in [0.25, 0.3) is 11.0 Å². The molecule has 0 aliphatic rings. The molecule has 0 aliphatic carbocycles. The van der Waals surface area contributed by atoms with Crippen molar-refractivity contribution in [3.63, 3.8) is 0 Å². The molecule has 3 rings (SSSR count). The standard InChI is InChI=1S/C14H13N3O3S/c1-9-6-15-12(20-9)7-17-11-5-3-2-4-10(11)16-14(17)21-8-13(18)19/h2-6H,7-8H2,1H3,(H,18,19). The van der Waals surface area contributed by atoms with E-state index in [1.165, 1.54) is 11.8 Å². The van der Waals surface area contributed by atoms with E-state index < -0.39 is 5.97 Å². The molecule has 0 bridgehead atoms. The predicted octanol–water partition coefficient (Wildman–Crippen LogP) is 2.56. The minimum atomic E-state index is -0.870. The number of benzene rings is 1. The molecule has 0 amide bonds. The van der Waals surface area contributed by atoms with Gasteiger partial charge in [-0.1, -0.05) is 23.9 Å². The molecule has 6 nitrogen and oxygen atoms in total.